The molecule has 2 amide bonds. The SMILES string of the molecule is CC1CC(C(C)(C)C)=CC=C1C(N1CCCN(C(=O)N(C)C(c2ccccc2)c2ccccc2)CC1)C12C=CC=CC1C2. The minimum Gasteiger partial charge on any atom is -0.323 e. The van der Waals surface area contributed by atoms with E-state index in [1.54, 1.807) is 11.1 Å². The maximum atomic E-state index is 14.2. The van der Waals surface area contributed by atoms with Crippen LogP contribution in [-0.2, 0) is 0 Å². The molecule has 2 fully saturated rings. The number of rotatable bonds is 6. The second-order valence-corrected chi connectivity index (χ2v) is 14.3. The van der Waals surface area contributed by atoms with Gasteiger partial charge in [0.15, 0.2) is 0 Å². The highest BCUT2D eigenvalue weighted by atomic mass is 16.2. The molecule has 4 heteroatoms. The molecule has 0 radical (unpaired) electrons. The van der Waals surface area contributed by atoms with Crippen LogP contribution >= 0.6 is 0 Å². The van der Waals surface area contributed by atoms with Crippen LogP contribution in [-0.4, -0.2) is 60.0 Å². The molecule has 0 bridgehead atoms. The average molecular weight is 576 g/mol. The Labute approximate surface area is 259 Å². The number of carbonyl (C=O) groups is 1. The van der Waals surface area contributed by atoms with E-state index >= 15 is 0 Å². The minimum absolute atomic E-state index is 0.113. The van der Waals surface area contributed by atoms with Crippen molar-refractivity contribution in [2.24, 2.45) is 22.7 Å². The summed E-state index contributed by atoms with van der Waals surface area (Å²) in [7, 11) is 1.97. The topological polar surface area (TPSA) is 26.8 Å². The van der Waals surface area contributed by atoms with Crippen molar-refractivity contribution in [2.75, 3.05) is 33.2 Å². The molecule has 2 aromatic carbocycles. The van der Waals surface area contributed by atoms with Crippen LogP contribution in [0, 0.1) is 22.7 Å². The van der Waals surface area contributed by atoms with Gasteiger partial charge in [-0.1, -0.05) is 130 Å². The Morgan fingerprint density at radius 2 is 1.58 bits per heavy atom. The number of carbonyl (C=O) groups excluding carboxylic acids is 1. The Bertz CT molecular complexity index is 1380. The Balaban J connectivity index is 1.24. The van der Waals surface area contributed by atoms with Crippen molar-refractivity contribution in [3.05, 3.63) is 119 Å². The molecule has 4 aliphatic rings. The highest BCUT2D eigenvalue weighted by molar-refractivity contribution is 5.75. The molecule has 1 heterocycles. The predicted octanol–water partition coefficient (Wildman–Crippen LogP) is 8.28. The van der Waals surface area contributed by atoms with Crippen LogP contribution in [0.4, 0.5) is 4.79 Å². The maximum Gasteiger partial charge on any atom is 0.320 e. The Morgan fingerprint density at radius 3 is 2.19 bits per heavy atom. The summed E-state index contributed by atoms with van der Waals surface area (Å²) in [6.45, 7) is 12.9. The fourth-order valence-corrected chi connectivity index (χ4v) is 7.88. The molecule has 1 saturated heterocycles. The average Bonchev–Trinajstić information content (AvgIpc) is 3.79. The Hall–Kier alpha value is -3.37. The molecule has 1 saturated carbocycles. The first-order valence-electron chi connectivity index (χ1n) is 16.3. The molecule has 226 valence electrons. The first kappa shape index (κ1) is 29.7. The van der Waals surface area contributed by atoms with E-state index in [1.165, 1.54) is 6.42 Å². The van der Waals surface area contributed by atoms with Gasteiger partial charge in [0.1, 0.15) is 0 Å². The molecule has 0 spiro atoms. The number of hydrogen-bond donors (Lipinski definition) is 0. The van der Waals surface area contributed by atoms with Crippen molar-refractivity contribution >= 4 is 6.03 Å². The highest BCUT2D eigenvalue weighted by Gasteiger charge is 2.59. The molecule has 1 aliphatic heterocycles. The van der Waals surface area contributed by atoms with Gasteiger partial charge in [-0.15, -0.1) is 0 Å². The molecule has 4 atom stereocenters. The lowest BCUT2D eigenvalue weighted by molar-refractivity contribution is 0.145. The second kappa shape index (κ2) is 12.0. The monoisotopic (exact) mass is 575 g/mol. The number of urea groups is 1. The van der Waals surface area contributed by atoms with E-state index in [9.17, 15) is 4.79 Å². The molecule has 4 nitrogen and oxygen atoms in total. The van der Waals surface area contributed by atoms with Crippen molar-refractivity contribution in [3.63, 3.8) is 0 Å². The number of fused-ring (bicyclic) bond motifs is 1. The third kappa shape index (κ3) is 5.91. The molecule has 3 aliphatic carbocycles. The first-order valence-corrected chi connectivity index (χ1v) is 16.3. The fourth-order valence-electron chi connectivity index (χ4n) is 7.88. The van der Waals surface area contributed by atoms with Gasteiger partial charge in [0.05, 0.1) is 6.04 Å². The predicted molar refractivity (Wildman–Crippen MR) is 178 cm³/mol. The molecular weight excluding hydrogens is 526 g/mol. The van der Waals surface area contributed by atoms with Gasteiger partial charge in [-0.2, -0.15) is 0 Å². The standard InChI is InChI=1S/C39H49N3O/c1-29-27-32(38(2,3)4)20-21-34(29)36(39-22-13-12-19-33(39)28-39)41-23-14-24-42(26-25-41)37(43)40(5)35(30-15-8-6-9-16-30)31-17-10-7-11-18-31/h6-13,15-22,29,33,35-36H,14,23-28H2,1-5H3. The Morgan fingerprint density at radius 1 is 0.907 bits per heavy atom. The highest BCUT2D eigenvalue weighted by Crippen LogP contribution is 2.62. The van der Waals surface area contributed by atoms with Crippen LogP contribution in [0.15, 0.2) is 108 Å². The van der Waals surface area contributed by atoms with E-state index in [4.69, 9.17) is 0 Å². The molecule has 43 heavy (non-hydrogen) atoms. The molecule has 4 unspecified atom stereocenters. The van der Waals surface area contributed by atoms with E-state index in [1.807, 2.05) is 24.1 Å². The molecule has 0 aromatic heterocycles. The lowest BCUT2D eigenvalue weighted by atomic mass is 9.72. The number of allylic oxidation sites excluding steroid dienone is 6. The van der Waals surface area contributed by atoms with Crippen molar-refractivity contribution < 1.29 is 4.79 Å². The lowest BCUT2D eigenvalue weighted by Crippen LogP contribution is -2.48. The summed E-state index contributed by atoms with van der Waals surface area (Å²) in [6, 6.07) is 21.2. The van der Waals surface area contributed by atoms with Gasteiger partial charge in [-0.05, 0) is 53.2 Å². The van der Waals surface area contributed by atoms with Crippen LogP contribution in [0.1, 0.15) is 64.1 Å². The largest absolute Gasteiger partial charge is 0.323 e. The van der Waals surface area contributed by atoms with Crippen molar-refractivity contribution in [3.8, 4) is 0 Å². The summed E-state index contributed by atoms with van der Waals surface area (Å²) in [5.41, 5.74) is 5.79. The summed E-state index contributed by atoms with van der Waals surface area (Å²) in [5.74, 6) is 1.14. The quantitative estimate of drug-likeness (QED) is 0.347. The van der Waals surface area contributed by atoms with Crippen LogP contribution in [0.25, 0.3) is 0 Å². The Kier molecular flexibility index (Phi) is 8.26. The molecule has 2 aromatic rings. The number of amides is 2. The normalized spacial score (nSPS) is 26.3. The number of benzene rings is 2. The van der Waals surface area contributed by atoms with Crippen LogP contribution < -0.4 is 0 Å². The van der Waals surface area contributed by atoms with E-state index in [-0.39, 0.29) is 22.9 Å². The van der Waals surface area contributed by atoms with Gasteiger partial charge >= 0.3 is 6.03 Å². The second-order valence-electron chi connectivity index (χ2n) is 14.3. The van der Waals surface area contributed by atoms with Gasteiger partial charge in [0.25, 0.3) is 0 Å². The van der Waals surface area contributed by atoms with E-state index in [0.717, 1.165) is 50.1 Å². The van der Waals surface area contributed by atoms with Crippen molar-refractivity contribution in [1.29, 1.82) is 0 Å². The van der Waals surface area contributed by atoms with Crippen molar-refractivity contribution in [1.82, 2.24) is 14.7 Å². The maximum absolute atomic E-state index is 14.2. The van der Waals surface area contributed by atoms with Gasteiger partial charge in [-0.25, -0.2) is 4.79 Å². The smallest absolute Gasteiger partial charge is 0.320 e. The molecule has 0 N–H and O–H groups in total. The number of nitrogens with zero attached hydrogens (tertiary/aromatic N) is 3. The summed E-state index contributed by atoms with van der Waals surface area (Å²) in [6.07, 6.45) is 17.7. The zero-order valence-electron chi connectivity index (χ0n) is 26.7. The lowest BCUT2D eigenvalue weighted by Gasteiger charge is -2.42. The third-order valence-corrected chi connectivity index (χ3v) is 10.4. The van der Waals surface area contributed by atoms with Crippen LogP contribution in [0.2, 0.25) is 0 Å². The van der Waals surface area contributed by atoms with E-state index in [0.29, 0.717) is 17.9 Å². The zero-order chi connectivity index (χ0) is 30.2. The third-order valence-electron chi connectivity index (χ3n) is 10.4. The van der Waals surface area contributed by atoms with Crippen LogP contribution in [0.3, 0.4) is 0 Å². The zero-order valence-corrected chi connectivity index (χ0v) is 26.7. The summed E-state index contributed by atoms with van der Waals surface area (Å²) < 4.78 is 0. The van der Waals surface area contributed by atoms with E-state index < -0.39 is 0 Å². The van der Waals surface area contributed by atoms with E-state index in [2.05, 4.69) is 122 Å². The summed E-state index contributed by atoms with van der Waals surface area (Å²) in [4.78, 5) is 21.0. The summed E-state index contributed by atoms with van der Waals surface area (Å²) in [5, 5.41) is 0. The van der Waals surface area contributed by atoms with Gasteiger partial charge < -0.3 is 9.80 Å². The molecule has 6 rings (SSSR count). The minimum atomic E-state index is -0.121. The van der Waals surface area contributed by atoms with Gasteiger partial charge in [0, 0.05) is 44.7 Å². The van der Waals surface area contributed by atoms with Crippen LogP contribution in [0.5, 0.6) is 0 Å². The number of hydrogen-bond acceptors (Lipinski definition) is 2. The van der Waals surface area contributed by atoms with Crippen molar-refractivity contribution in [2.45, 2.75) is 59.0 Å². The fraction of sp³-hybridized carbons (Fsp3) is 0.462. The first-order chi connectivity index (χ1) is 20.7. The van der Waals surface area contributed by atoms with Gasteiger partial charge in [0.2, 0.25) is 0 Å². The summed E-state index contributed by atoms with van der Waals surface area (Å²) >= 11 is 0. The van der Waals surface area contributed by atoms with Gasteiger partial charge in [-0.3, -0.25) is 4.90 Å². The molecular formula is C39H49N3O.